The molecule has 0 aromatic heterocycles. The monoisotopic (exact) mass is 501 g/mol. The first-order valence-electron chi connectivity index (χ1n) is 13.5. The van der Waals surface area contributed by atoms with Crippen molar-refractivity contribution in [3.63, 3.8) is 0 Å². The van der Waals surface area contributed by atoms with Crippen LogP contribution in [0.5, 0.6) is 0 Å². The molecule has 0 aliphatic carbocycles. The molecule has 0 unspecified atom stereocenters. The van der Waals surface area contributed by atoms with E-state index in [2.05, 4.69) is 175 Å². The first-order chi connectivity index (χ1) is 19.3. The minimum atomic E-state index is 0.333. The maximum atomic E-state index is 2.29. The van der Waals surface area contributed by atoms with Crippen molar-refractivity contribution < 1.29 is 0 Å². The van der Waals surface area contributed by atoms with Crippen molar-refractivity contribution >= 4 is 17.1 Å². The Bertz CT molecular complexity index is 1500. The Hall–Kier alpha value is -4.88. The molecule has 1 heteroatoms. The molecule has 6 aromatic carbocycles. The average molecular weight is 502 g/mol. The van der Waals surface area contributed by atoms with E-state index in [0.717, 1.165) is 23.5 Å². The molecule has 0 aliphatic rings. The number of para-hydroxylation sites is 2. The van der Waals surface area contributed by atoms with Crippen molar-refractivity contribution in [2.45, 2.75) is 12.3 Å². The summed E-state index contributed by atoms with van der Waals surface area (Å²) in [5, 5.41) is 0. The molecular weight excluding hydrogens is 470 g/mol. The standard InChI is InChI=1S/C38H31N/c1-5-13-33(14-6-1)38(34-15-7-2-8-16-34)29-30-21-23-31(24-22-30)32-25-27-37(28-26-32)39(35-17-9-3-10-18-35)36-19-11-4-12-20-36/h1-28,38H,29H2. The SMILES string of the molecule is c1ccc(C(Cc2ccc(-c3ccc(N(c4ccccc4)c4ccccc4)cc3)cc2)c2ccccc2)cc1. The van der Waals surface area contributed by atoms with Crippen LogP contribution in [-0.4, -0.2) is 0 Å². The van der Waals surface area contributed by atoms with E-state index in [-0.39, 0.29) is 0 Å². The van der Waals surface area contributed by atoms with Gasteiger partial charge in [0.05, 0.1) is 0 Å². The Morgan fingerprint density at radius 1 is 0.359 bits per heavy atom. The third-order valence-electron chi connectivity index (χ3n) is 7.29. The van der Waals surface area contributed by atoms with E-state index in [9.17, 15) is 0 Å². The lowest BCUT2D eigenvalue weighted by Gasteiger charge is -2.25. The fourth-order valence-electron chi connectivity index (χ4n) is 5.27. The Balaban J connectivity index is 1.24. The number of benzene rings is 6. The normalized spacial score (nSPS) is 10.9. The van der Waals surface area contributed by atoms with Crippen molar-refractivity contribution in [1.29, 1.82) is 0 Å². The molecule has 6 rings (SSSR count). The first kappa shape index (κ1) is 24.5. The van der Waals surface area contributed by atoms with E-state index in [4.69, 9.17) is 0 Å². The molecule has 1 nitrogen and oxygen atoms in total. The lowest BCUT2D eigenvalue weighted by molar-refractivity contribution is 0.805. The van der Waals surface area contributed by atoms with Crippen LogP contribution in [0.3, 0.4) is 0 Å². The van der Waals surface area contributed by atoms with Crippen LogP contribution in [-0.2, 0) is 6.42 Å². The molecule has 0 atom stereocenters. The van der Waals surface area contributed by atoms with Crippen LogP contribution < -0.4 is 4.90 Å². The van der Waals surface area contributed by atoms with E-state index < -0.39 is 0 Å². The topological polar surface area (TPSA) is 3.24 Å². The van der Waals surface area contributed by atoms with Crippen LogP contribution in [0.4, 0.5) is 17.1 Å². The first-order valence-corrected chi connectivity index (χ1v) is 13.5. The molecule has 0 spiro atoms. The van der Waals surface area contributed by atoms with Gasteiger partial charge in [-0.15, -0.1) is 0 Å². The Labute approximate surface area is 231 Å². The summed E-state index contributed by atoms with van der Waals surface area (Å²) in [4.78, 5) is 2.29. The molecule has 0 N–H and O–H groups in total. The fourth-order valence-corrected chi connectivity index (χ4v) is 5.27. The summed E-state index contributed by atoms with van der Waals surface area (Å²) in [5.74, 6) is 0.333. The summed E-state index contributed by atoms with van der Waals surface area (Å²) in [6, 6.07) is 60.7. The molecule has 0 heterocycles. The zero-order chi connectivity index (χ0) is 26.3. The lowest BCUT2D eigenvalue weighted by atomic mass is 9.86. The van der Waals surface area contributed by atoms with E-state index in [0.29, 0.717) is 5.92 Å². The van der Waals surface area contributed by atoms with Gasteiger partial charge in [0.2, 0.25) is 0 Å². The Morgan fingerprint density at radius 2 is 0.718 bits per heavy atom. The second-order valence-electron chi connectivity index (χ2n) is 9.83. The molecule has 0 saturated heterocycles. The van der Waals surface area contributed by atoms with Crippen molar-refractivity contribution in [3.8, 4) is 11.1 Å². The van der Waals surface area contributed by atoms with Gasteiger partial charge in [-0.25, -0.2) is 0 Å². The molecular formula is C38H31N. The van der Waals surface area contributed by atoms with Crippen molar-refractivity contribution in [2.75, 3.05) is 4.90 Å². The van der Waals surface area contributed by atoms with Gasteiger partial charge in [0.1, 0.15) is 0 Å². The minimum Gasteiger partial charge on any atom is -0.311 e. The average Bonchev–Trinajstić information content (AvgIpc) is 3.03. The van der Waals surface area contributed by atoms with E-state index in [1.54, 1.807) is 0 Å². The second kappa shape index (κ2) is 11.7. The summed E-state index contributed by atoms with van der Waals surface area (Å²) >= 11 is 0. The highest BCUT2D eigenvalue weighted by Crippen LogP contribution is 2.35. The number of nitrogens with zero attached hydrogens (tertiary/aromatic N) is 1. The maximum absolute atomic E-state index is 2.29. The summed E-state index contributed by atoms with van der Waals surface area (Å²) < 4.78 is 0. The Morgan fingerprint density at radius 3 is 1.15 bits per heavy atom. The molecule has 39 heavy (non-hydrogen) atoms. The highest BCUT2D eigenvalue weighted by atomic mass is 15.1. The number of hydrogen-bond acceptors (Lipinski definition) is 1. The molecule has 0 bridgehead atoms. The highest BCUT2D eigenvalue weighted by molar-refractivity contribution is 5.78. The van der Waals surface area contributed by atoms with Gasteiger partial charge in [-0.2, -0.15) is 0 Å². The van der Waals surface area contributed by atoms with Crippen molar-refractivity contribution in [3.05, 3.63) is 187 Å². The third-order valence-corrected chi connectivity index (χ3v) is 7.29. The highest BCUT2D eigenvalue weighted by Gasteiger charge is 2.15. The van der Waals surface area contributed by atoms with E-state index in [1.165, 1.54) is 27.8 Å². The maximum Gasteiger partial charge on any atom is 0.0462 e. The van der Waals surface area contributed by atoms with E-state index >= 15 is 0 Å². The number of rotatable bonds is 8. The summed E-state index contributed by atoms with van der Waals surface area (Å²) in [6.45, 7) is 0. The molecule has 0 saturated carbocycles. The smallest absolute Gasteiger partial charge is 0.0462 e. The summed E-state index contributed by atoms with van der Waals surface area (Å²) in [6.07, 6.45) is 0.969. The minimum absolute atomic E-state index is 0.333. The molecule has 0 radical (unpaired) electrons. The molecule has 188 valence electrons. The molecule has 0 fully saturated rings. The van der Waals surface area contributed by atoms with Crippen molar-refractivity contribution in [2.24, 2.45) is 0 Å². The fraction of sp³-hybridized carbons (Fsp3) is 0.0526. The number of hydrogen-bond donors (Lipinski definition) is 0. The quantitative estimate of drug-likeness (QED) is 0.200. The predicted octanol–water partition coefficient (Wildman–Crippen LogP) is 10.2. The number of anilines is 3. The van der Waals surface area contributed by atoms with Gasteiger partial charge in [0.25, 0.3) is 0 Å². The van der Waals surface area contributed by atoms with Crippen LogP contribution in [0, 0.1) is 0 Å². The third kappa shape index (κ3) is 5.68. The van der Waals surface area contributed by atoms with Crippen LogP contribution in [0.2, 0.25) is 0 Å². The van der Waals surface area contributed by atoms with Crippen LogP contribution in [0.15, 0.2) is 170 Å². The molecule has 0 aliphatic heterocycles. The molecule has 0 amide bonds. The second-order valence-corrected chi connectivity index (χ2v) is 9.83. The zero-order valence-electron chi connectivity index (χ0n) is 21.9. The van der Waals surface area contributed by atoms with Gasteiger partial charge in [0.15, 0.2) is 0 Å². The Kier molecular flexibility index (Phi) is 7.32. The predicted molar refractivity (Wildman–Crippen MR) is 165 cm³/mol. The van der Waals surface area contributed by atoms with Gasteiger partial charge in [0, 0.05) is 23.0 Å². The van der Waals surface area contributed by atoms with Crippen LogP contribution in [0.1, 0.15) is 22.6 Å². The summed E-state index contributed by atoms with van der Waals surface area (Å²) in [7, 11) is 0. The van der Waals surface area contributed by atoms with Gasteiger partial charge in [-0.05, 0) is 70.6 Å². The van der Waals surface area contributed by atoms with Gasteiger partial charge in [-0.1, -0.05) is 133 Å². The summed E-state index contributed by atoms with van der Waals surface area (Å²) in [5.41, 5.74) is 9.92. The van der Waals surface area contributed by atoms with Gasteiger partial charge >= 0.3 is 0 Å². The van der Waals surface area contributed by atoms with Gasteiger partial charge < -0.3 is 4.90 Å². The van der Waals surface area contributed by atoms with Crippen molar-refractivity contribution in [1.82, 2.24) is 0 Å². The largest absolute Gasteiger partial charge is 0.311 e. The zero-order valence-corrected chi connectivity index (χ0v) is 21.9. The van der Waals surface area contributed by atoms with Crippen LogP contribution >= 0.6 is 0 Å². The van der Waals surface area contributed by atoms with Crippen LogP contribution in [0.25, 0.3) is 11.1 Å². The lowest BCUT2D eigenvalue weighted by Crippen LogP contribution is -2.09. The van der Waals surface area contributed by atoms with Gasteiger partial charge in [-0.3, -0.25) is 0 Å². The van der Waals surface area contributed by atoms with E-state index in [1.807, 2.05) is 0 Å². The molecule has 6 aromatic rings.